The third-order valence-corrected chi connectivity index (χ3v) is 3.01. The number of nitrogens with zero attached hydrogens (tertiary/aromatic N) is 2. The Morgan fingerprint density at radius 2 is 2.17 bits per heavy atom. The summed E-state index contributed by atoms with van der Waals surface area (Å²) in [6.07, 6.45) is 1.76. The molecule has 1 aliphatic heterocycles. The van der Waals surface area contributed by atoms with Crippen molar-refractivity contribution in [2.24, 2.45) is 0 Å². The summed E-state index contributed by atoms with van der Waals surface area (Å²) >= 11 is 0. The Morgan fingerprint density at radius 1 is 1.50 bits per heavy atom. The normalized spacial score (nSPS) is 17.6. The Morgan fingerprint density at radius 3 is 2.72 bits per heavy atom. The molecule has 1 saturated heterocycles. The van der Waals surface area contributed by atoms with Gasteiger partial charge in [-0.15, -0.1) is 0 Å². The lowest BCUT2D eigenvalue weighted by Crippen LogP contribution is -2.43. The highest BCUT2D eigenvalue weighted by Gasteiger charge is 2.22. The monoisotopic (exact) mass is 253 g/mol. The van der Waals surface area contributed by atoms with Crippen LogP contribution in [0.25, 0.3) is 0 Å². The summed E-state index contributed by atoms with van der Waals surface area (Å²) in [5.41, 5.74) is 0.00586. The molecular weight excluding hydrogens is 238 g/mol. The molecule has 0 radical (unpaired) electrons. The highest BCUT2D eigenvalue weighted by atomic mass is 16.5. The second-order valence-corrected chi connectivity index (χ2v) is 4.43. The van der Waals surface area contributed by atoms with Crippen LogP contribution in [0.3, 0.4) is 0 Å². The van der Waals surface area contributed by atoms with Crippen LogP contribution >= 0.6 is 0 Å². The number of nitrogens with one attached hydrogen (secondary N) is 1. The van der Waals surface area contributed by atoms with Gasteiger partial charge < -0.3 is 19.8 Å². The third-order valence-electron chi connectivity index (χ3n) is 3.01. The number of aromatic nitrogens is 1. The van der Waals surface area contributed by atoms with E-state index in [1.165, 1.54) is 0 Å². The van der Waals surface area contributed by atoms with E-state index in [1.54, 1.807) is 0 Å². The van der Waals surface area contributed by atoms with Crippen molar-refractivity contribution in [3.8, 4) is 0 Å². The van der Waals surface area contributed by atoms with Crippen molar-refractivity contribution in [1.29, 1.82) is 0 Å². The molecule has 1 fully saturated rings. The van der Waals surface area contributed by atoms with Crippen LogP contribution in [-0.4, -0.2) is 53.2 Å². The maximum Gasteiger partial charge on any atom is 0.374 e. The number of rotatable bonds is 3. The van der Waals surface area contributed by atoms with Crippen molar-refractivity contribution < 1.29 is 19.2 Å². The summed E-state index contributed by atoms with van der Waals surface area (Å²) in [7, 11) is 2.04. The number of carbonyl (C=O) groups is 2. The van der Waals surface area contributed by atoms with Gasteiger partial charge in [-0.2, -0.15) is 0 Å². The average Bonchev–Trinajstić information content (AvgIpc) is 2.81. The Kier molecular flexibility index (Phi) is 3.61. The molecule has 1 aliphatic rings. The van der Waals surface area contributed by atoms with E-state index >= 15 is 0 Å². The predicted octanol–water partition coefficient (Wildman–Crippen LogP) is 0.197. The molecule has 0 bridgehead atoms. The van der Waals surface area contributed by atoms with E-state index in [0.717, 1.165) is 32.0 Å². The van der Waals surface area contributed by atoms with Crippen molar-refractivity contribution >= 4 is 11.9 Å². The van der Waals surface area contributed by atoms with Crippen LogP contribution in [0.15, 0.2) is 10.6 Å². The fourth-order valence-electron chi connectivity index (χ4n) is 1.90. The molecule has 0 aliphatic carbocycles. The molecule has 0 saturated carbocycles. The van der Waals surface area contributed by atoms with Crippen molar-refractivity contribution in [2.75, 3.05) is 20.1 Å². The number of piperidine rings is 1. The predicted molar refractivity (Wildman–Crippen MR) is 61.4 cm³/mol. The topological polar surface area (TPSA) is 95.7 Å². The highest BCUT2D eigenvalue weighted by molar-refractivity contribution is 5.94. The number of likely N-dealkylation sites (tertiary alicyclic amines) is 1. The molecule has 1 aromatic heterocycles. The molecule has 18 heavy (non-hydrogen) atoms. The van der Waals surface area contributed by atoms with Gasteiger partial charge >= 0.3 is 5.97 Å². The number of amides is 1. The molecule has 1 amide bonds. The molecule has 98 valence electrons. The number of carbonyl (C=O) groups excluding carboxylic acids is 1. The summed E-state index contributed by atoms with van der Waals surface area (Å²) in [6.45, 7) is 1.87. The fraction of sp³-hybridized carbons (Fsp3) is 0.545. The molecular formula is C11H15N3O4. The van der Waals surface area contributed by atoms with Gasteiger partial charge in [0.25, 0.3) is 5.91 Å². The minimum atomic E-state index is -1.24. The van der Waals surface area contributed by atoms with Crippen molar-refractivity contribution in [3.05, 3.63) is 17.5 Å². The van der Waals surface area contributed by atoms with Crippen LogP contribution in [0.4, 0.5) is 0 Å². The van der Waals surface area contributed by atoms with Crippen LogP contribution in [0, 0.1) is 0 Å². The standard InChI is InChI=1S/C11H15N3O4/c1-14-4-2-7(3-5-14)12-10(15)8-6-9(11(16)17)18-13-8/h6-7H,2-5H2,1H3,(H,12,15)(H,16,17). The zero-order chi connectivity index (χ0) is 13.1. The second kappa shape index (κ2) is 5.18. The summed E-state index contributed by atoms with van der Waals surface area (Å²) in [6, 6.07) is 1.24. The fourth-order valence-corrected chi connectivity index (χ4v) is 1.90. The van der Waals surface area contributed by atoms with Gasteiger partial charge in [0.2, 0.25) is 5.76 Å². The zero-order valence-corrected chi connectivity index (χ0v) is 10.0. The Balaban J connectivity index is 1.93. The van der Waals surface area contributed by atoms with Gasteiger partial charge in [-0.25, -0.2) is 4.79 Å². The van der Waals surface area contributed by atoms with E-state index in [2.05, 4.69) is 19.9 Å². The van der Waals surface area contributed by atoms with E-state index in [9.17, 15) is 9.59 Å². The van der Waals surface area contributed by atoms with Crippen molar-refractivity contribution in [3.63, 3.8) is 0 Å². The van der Waals surface area contributed by atoms with Crippen LogP contribution in [0.5, 0.6) is 0 Å². The quantitative estimate of drug-likeness (QED) is 0.798. The average molecular weight is 253 g/mol. The molecule has 2 rings (SSSR count). The van der Waals surface area contributed by atoms with Crippen LogP contribution in [0.1, 0.15) is 33.9 Å². The third kappa shape index (κ3) is 2.86. The number of hydrogen-bond donors (Lipinski definition) is 2. The Hall–Kier alpha value is -1.89. The van der Waals surface area contributed by atoms with E-state index < -0.39 is 5.97 Å². The first kappa shape index (κ1) is 12.6. The molecule has 7 nitrogen and oxygen atoms in total. The molecule has 2 heterocycles. The van der Waals surface area contributed by atoms with Gasteiger partial charge in [-0.1, -0.05) is 5.16 Å². The minimum absolute atomic E-state index is 0.00586. The van der Waals surface area contributed by atoms with Gasteiger partial charge in [0.15, 0.2) is 5.69 Å². The molecule has 0 spiro atoms. The van der Waals surface area contributed by atoms with E-state index in [-0.39, 0.29) is 23.4 Å². The second-order valence-electron chi connectivity index (χ2n) is 4.43. The van der Waals surface area contributed by atoms with Crippen LogP contribution in [-0.2, 0) is 0 Å². The summed E-state index contributed by atoms with van der Waals surface area (Å²) in [4.78, 5) is 24.6. The molecule has 0 aromatic carbocycles. The Labute approximate surface area is 104 Å². The summed E-state index contributed by atoms with van der Waals surface area (Å²) in [5.74, 6) is -1.95. The van der Waals surface area contributed by atoms with E-state index in [4.69, 9.17) is 5.11 Å². The van der Waals surface area contributed by atoms with E-state index in [1.807, 2.05) is 7.05 Å². The van der Waals surface area contributed by atoms with Gasteiger partial charge in [0.1, 0.15) is 0 Å². The summed E-state index contributed by atoms with van der Waals surface area (Å²) < 4.78 is 4.53. The Bertz CT molecular complexity index is 449. The van der Waals surface area contributed by atoms with Gasteiger partial charge in [0.05, 0.1) is 0 Å². The minimum Gasteiger partial charge on any atom is -0.475 e. The lowest BCUT2D eigenvalue weighted by atomic mass is 10.1. The molecule has 2 N–H and O–H groups in total. The maximum atomic E-state index is 11.8. The number of carboxylic acids is 1. The number of aromatic carboxylic acids is 1. The smallest absolute Gasteiger partial charge is 0.374 e. The van der Waals surface area contributed by atoms with Gasteiger partial charge in [0, 0.05) is 12.1 Å². The largest absolute Gasteiger partial charge is 0.475 e. The molecule has 7 heteroatoms. The zero-order valence-electron chi connectivity index (χ0n) is 10.0. The van der Waals surface area contributed by atoms with Gasteiger partial charge in [-0.05, 0) is 33.0 Å². The molecule has 0 atom stereocenters. The van der Waals surface area contributed by atoms with Gasteiger partial charge in [-0.3, -0.25) is 4.79 Å². The van der Waals surface area contributed by atoms with Crippen molar-refractivity contribution in [2.45, 2.75) is 18.9 Å². The first-order valence-electron chi connectivity index (χ1n) is 5.75. The van der Waals surface area contributed by atoms with E-state index in [0.29, 0.717) is 0 Å². The van der Waals surface area contributed by atoms with Crippen LogP contribution < -0.4 is 5.32 Å². The lowest BCUT2D eigenvalue weighted by molar-refractivity contribution is 0.0650. The SMILES string of the molecule is CN1CCC(NC(=O)c2cc(C(=O)O)on2)CC1. The van der Waals surface area contributed by atoms with Crippen molar-refractivity contribution in [1.82, 2.24) is 15.4 Å². The molecule has 1 aromatic rings. The maximum absolute atomic E-state index is 11.8. The highest BCUT2D eigenvalue weighted by Crippen LogP contribution is 2.10. The summed E-state index contributed by atoms with van der Waals surface area (Å²) in [5, 5.41) is 14.9. The molecule has 0 unspecified atom stereocenters. The lowest BCUT2D eigenvalue weighted by Gasteiger charge is -2.29. The first-order chi connectivity index (χ1) is 8.56. The first-order valence-corrected chi connectivity index (χ1v) is 5.75. The number of hydrogen-bond acceptors (Lipinski definition) is 5. The number of carboxylic acid groups (broad SMARTS) is 1. The van der Waals surface area contributed by atoms with Crippen LogP contribution in [0.2, 0.25) is 0 Å².